The summed E-state index contributed by atoms with van der Waals surface area (Å²) in [5, 5.41) is 0. The second-order valence-electron chi connectivity index (χ2n) is 50.3. The van der Waals surface area contributed by atoms with Gasteiger partial charge in [-0.05, 0) is 415 Å². The van der Waals surface area contributed by atoms with E-state index in [-0.39, 0.29) is 158 Å². The molecule has 30 atom stereocenters. The Kier molecular flexibility index (Phi) is 24.6. The smallest absolute Gasteiger partial charge is 0.309 e. The molecular weight excluding hydrogens is 1690 g/mol. The molecule has 16 saturated carbocycles. The average molecular weight is 1890 g/mol. The number of hydrogen-bond acceptors (Lipinski definition) is 15. The Hall–Kier alpha value is -5.60. The van der Waals surface area contributed by atoms with E-state index in [4.69, 9.17) is 44.2 Å². The minimum absolute atomic E-state index is 0.0209. The number of allylic oxidation sites excluding steroid dienone is 5. The van der Waals surface area contributed by atoms with Crippen molar-refractivity contribution in [3.05, 3.63) is 58.2 Å². The van der Waals surface area contributed by atoms with Crippen molar-refractivity contribution in [2.24, 2.45) is 167 Å². The van der Waals surface area contributed by atoms with Crippen molar-refractivity contribution in [1.82, 2.24) is 0 Å². The van der Waals surface area contributed by atoms with Crippen molar-refractivity contribution in [1.29, 1.82) is 0 Å². The maximum atomic E-state index is 13.2. The third-order valence-corrected chi connectivity index (χ3v) is 43.2. The SMILES string of the molecule is [2H]C([2H])([2H])[C@]12CCC(=O)C=C1CC[C@H]1[C@@H]3CC[C@H](OC(=O)C(C)C)[C@@]3(C)CC[C@@H]12.[2H]C([2H])([2H])[C@]12CCC(=O)C=C1CC[C@H]1[C@@H]3CC[C@H](OC(=O)C4CCC(CCC)CC4)[C@@]3(C)CC[C@@H]12.[2H]C([2H])([2H])[C@]12CCC(=O)C=C1CC[C@H]1[C@@H]3CC[C@H](OC(=O)CC)[C@@]3(C)CC[C@@H]12.[2H]C([2H])([2H])[C@]12CCC(=O)C=C1CC[C@H]1[C@@H]3CC[C@H](OC(=O)CC)[C@@]3(C)CC[C@@H]12.[2H]C([2H])([2H])[C@]12CCC(=O)C=C1CC[C@H]1[C@@H]3CC[C@H](OC(=O)CCC(C)C)[C@@]3(C)CC[C@@H]12. The van der Waals surface area contributed by atoms with E-state index in [1.54, 1.807) is 30.4 Å². The van der Waals surface area contributed by atoms with Crippen LogP contribution in [0.1, 0.15) is 459 Å². The molecule has 0 saturated heterocycles. The third-order valence-electron chi connectivity index (χ3n) is 43.2. The number of ketones is 5. The zero-order chi connectivity index (χ0) is 109. The summed E-state index contributed by atoms with van der Waals surface area (Å²) in [6, 6.07) is 0. The fourth-order valence-corrected chi connectivity index (χ4v) is 35.5. The van der Waals surface area contributed by atoms with Crippen LogP contribution in [0.25, 0.3) is 0 Å². The molecule has 0 aromatic carbocycles. The molecule has 21 rings (SSSR count). The molecule has 0 bridgehead atoms. The van der Waals surface area contributed by atoms with Crippen LogP contribution in [-0.4, -0.2) is 89.3 Å². The number of carbonyl (C=O) groups is 10. The quantitative estimate of drug-likeness (QED) is 0.117. The van der Waals surface area contributed by atoms with Gasteiger partial charge in [0.25, 0.3) is 0 Å². The van der Waals surface area contributed by atoms with Crippen LogP contribution in [0.3, 0.4) is 0 Å². The largest absolute Gasteiger partial charge is 0.462 e. The van der Waals surface area contributed by atoms with E-state index in [2.05, 4.69) is 55.4 Å². The molecule has 754 valence electrons. The molecule has 0 aliphatic heterocycles. The van der Waals surface area contributed by atoms with Crippen LogP contribution >= 0.6 is 0 Å². The summed E-state index contributed by atoms with van der Waals surface area (Å²) in [6.07, 6.45) is 47.7. The van der Waals surface area contributed by atoms with E-state index >= 15 is 0 Å². The topological polar surface area (TPSA) is 217 Å². The van der Waals surface area contributed by atoms with Crippen molar-refractivity contribution < 1.29 is 92.2 Å². The van der Waals surface area contributed by atoms with Gasteiger partial charge in [0.2, 0.25) is 0 Å². The van der Waals surface area contributed by atoms with E-state index in [1.165, 1.54) is 12.8 Å². The first kappa shape index (κ1) is 83.8. The van der Waals surface area contributed by atoms with Crippen molar-refractivity contribution in [2.45, 2.75) is 469 Å². The lowest BCUT2D eigenvalue weighted by Crippen LogP contribution is -2.51. The number of esters is 5. The highest BCUT2D eigenvalue weighted by atomic mass is 16.6. The zero-order valence-corrected chi connectivity index (χ0v) is 85.2. The van der Waals surface area contributed by atoms with Crippen LogP contribution in [0.15, 0.2) is 58.2 Å². The van der Waals surface area contributed by atoms with E-state index in [0.717, 1.165) is 252 Å². The van der Waals surface area contributed by atoms with E-state index in [9.17, 15) is 47.9 Å². The van der Waals surface area contributed by atoms with Crippen LogP contribution in [0.2, 0.25) is 0 Å². The summed E-state index contributed by atoms with van der Waals surface area (Å²) in [5.41, 5.74) is 0.0173. The minimum Gasteiger partial charge on any atom is -0.462 e. The van der Waals surface area contributed by atoms with Gasteiger partial charge in [0, 0.05) is 99.0 Å². The average Bonchev–Trinajstić information content (AvgIpc) is 1.71. The van der Waals surface area contributed by atoms with Crippen LogP contribution < -0.4 is 0 Å². The number of fused-ring (bicyclic) bond motifs is 25. The highest BCUT2D eigenvalue weighted by molar-refractivity contribution is 5.94. The summed E-state index contributed by atoms with van der Waals surface area (Å²) in [4.78, 5) is 122. The lowest BCUT2D eigenvalue weighted by molar-refractivity contribution is -0.166. The molecule has 0 spiro atoms. The Morgan fingerprint density at radius 2 is 0.581 bits per heavy atom. The molecule has 21 aliphatic rings. The molecule has 136 heavy (non-hydrogen) atoms. The molecule has 21 aliphatic carbocycles. The lowest BCUT2D eigenvalue weighted by Gasteiger charge is -2.57. The molecule has 16 fully saturated rings. The van der Waals surface area contributed by atoms with E-state index < -0.39 is 61.3 Å². The molecular formula is C121H180O15. The zero-order valence-electron chi connectivity index (χ0n) is 100. The Morgan fingerprint density at radius 1 is 0.316 bits per heavy atom. The molecule has 0 amide bonds. The summed E-state index contributed by atoms with van der Waals surface area (Å²) in [6.45, 7) is 14.8. The molecule has 15 nitrogen and oxygen atoms in total. The number of carbonyl (C=O) groups excluding carboxylic acids is 10. The Labute approximate surface area is 840 Å². The van der Waals surface area contributed by atoms with Gasteiger partial charge < -0.3 is 23.7 Å². The maximum Gasteiger partial charge on any atom is 0.309 e. The lowest BCUT2D eigenvalue weighted by atomic mass is 9.47. The minimum atomic E-state index is -2.09. The van der Waals surface area contributed by atoms with E-state index in [1.807, 2.05) is 27.7 Å². The van der Waals surface area contributed by atoms with Gasteiger partial charge in [-0.15, -0.1) is 0 Å². The van der Waals surface area contributed by atoms with Gasteiger partial charge in [-0.2, -0.15) is 0 Å². The molecule has 0 aromatic rings. The first-order valence-electron chi connectivity index (χ1n) is 63.0. The fourth-order valence-electron chi connectivity index (χ4n) is 35.5. The summed E-state index contributed by atoms with van der Waals surface area (Å²) >= 11 is 0. The summed E-state index contributed by atoms with van der Waals surface area (Å²) < 4.78 is 157. The van der Waals surface area contributed by atoms with Gasteiger partial charge in [-0.3, -0.25) is 47.9 Å². The molecule has 15 heteroatoms. The third kappa shape index (κ3) is 18.6. The van der Waals surface area contributed by atoms with Crippen LogP contribution in [0.5, 0.6) is 0 Å². The first-order valence-corrected chi connectivity index (χ1v) is 55.5. The van der Waals surface area contributed by atoms with Crippen molar-refractivity contribution in [3.8, 4) is 0 Å². The molecule has 0 radical (unpaired) electrons. The van der Waals surface area contributed by atoms with Crippen LogP contribution in [0, 0.1) is 167 Å². The second kappa shape index (κ2) is 39.8. The van der Waals surface area contributed by atoms with Gasteiger partial charge in [-0.1, -0.05) is 158 Å². The van der Waals surface area contributed by atoms with Gasteiger partial charge in [0.15, 0.2) is 28.9 Å². The van der Waals surface area contributed by atoms with Gasteiger partial charge in [0.05, 0.1) is 11.8 Å². The van der Waals surface area contributed by atoms with Crippen molar-refractivity contribution in [2.75, 3.05) is 0 Å². The fraction of sp³-hybridized carbons (Fsp3) is 0.835. The molecule has 0 aromatic heterocycles. The van der Waals surface area contributed by atoms with Crippen molar-refractivity contribution in [3.63, 3.8) is 0 Å². The normalized spacial score (nSPS) is 47.1. The molecule has 0 unspecified atom stereocenters. The Morgan fingerprint density at radius 3 is 0.831 bits per heavy atom. The van der Waals surface area contributed by atoms with Crippen LogP contribution in [0.4, 0.5) is 0 Å². The first-order chi connectivity index (χ1) is 70.8. The van der Waals surface area contributed by atoms with Crippen LogP contribution in [-0.2, 0) is 71.6 Å². The van der Waals surface area contributed by atoms with Gasteiger partial charge >= 0.3 is 29.8 Å². The van der Waals surface area contributed by atoms with Gasteiger partial charge in [0.1, 0.15) is 30.5 Å². The standard InChI is InChI=1S/C29H44O3.C25H38O3.C23H34O3.2C22H32O3/c1-4-5-19-6-8-20(9-7-19)27(31)32-26-13-12-24-23-11-10-21-18-22(30)14-16-28(21,2)25(23)15-17-29(24,26)3;1-16(2)5-10-23(27)28-22-9-8-20-19-7-6-17-15-18(26)11-13-24(17,3)21(19)12-14-25(20,22)4;1-14(2)21(25)26-20-8-7-18-17-6-5-15-13-16(24)9-11-22(15,3)19(17)10-12-23(18,20)4;2*1-4-20(24)25-19-8-7-17-16-6-5-14-13-15(23)9-11-21(14,2)18(16)10-12-22(17,19)3/h18-20,23-26H,4-17H2,1-3H3;15-16,19-22H,5-14H2,1-4H3;13-14,17-20H,5-12H2,1-4H3;2*13,16-19H,4-12H2,1-3H3/t19?,20?,23-,24-,25-,26-,28-,29-;19-,20-,21-,22-,24-,25-;17-,18-,19-,20-,22-,23-;2*16-,17-,18-,19-,21-,22-/m00000/s1/i2D3;2*3D3;2*2D3. The highest BCUT2D eigenvalue weighted by Crippen LogP contribution is 2.73. The number of ether oxygens (including phenoxy) is 5. The Bertz CT molecular complexity index is 5160. The van der Waals surface area contributed by atoms with E-state index in [0.29, 0.717) is 155 Å². The maximum absolute atomic E-state index is 13.2. The number of rotatable bonds is 14. The molecule has 0 heterocycles. The predicted octanol–water partition coefficient (Wildman–Crippen LogP) is 27.7. The highest BCUT2D eigenvalue weighted by Gasteiger charge is 2.67. The Balaban J connectivity index is 0.000000129. The second-order valence-corrected chi connectivity index (χ2v) is 50.3. The van der Waals surface area contributed by atoms with Crippen molar-refractivity contribution >= 4 is 58.8 Å². The summed E-state index contributed by atoms with van der Waals surface area (Å²) in [7, 11) is 0. The molecule has 0 N–H and O–H groups in total. The van der Waals surface area contributed by atoms with Gasteiger partial charge in [-0.25, -0.2) is 0 Å². The summed E-state index contributed by atoms with van der Waals surface area (Å²) in [5.74, 6) is 5.37. The predicted molar refractivity (Wildman–Crippen MR) is 533 cm³/mol. The monoisotopic (exact) mass is 1890 g/mol. The number of hydrogen-bond donors (Lipinski definition) is 0.